The standard InChI is InChI=1S/C28H41N5O2.3ClH/c1-5-30(6-2)25-13-9-23(10-14-25)21-29-17-18-32-19-20-33(28(35)27(32)34)22-24-11-15-26(16-12-24)31(7-3)8-4;;;/h9-16,29H,5-8,17-22H2,1-4H3;3*1H. The molecule has 1 fully saturated rings. The van der Waals surface area contributed by atoms with Crippen LogP contribution in [0.3, 0.4) is 0 Å². The number of anilines is 2. The Morgan fingerprint density at radius 3 is 1.55 bits per heavy atom. The van der Waals surface area contributed by atoms with E-state index in [4.69, 9.17) is 0 Å². The minimum absolute atomic E-state index is 0. The van der Waals surface area contributed by atoms with E-state index in [9.17, 15) is 9.59 Å². The molecule has 1 aliphatic rings. The second kappa shape index (κ2) is 18.2. The van der Waals surface area contributed by atoms with Gasteiger partial charge < -0.3 is 24.9 Å². The monoisotopic (exact) mass is 587 g/mol. The number of rotatable bonds is 13. The lowest BCUT2D eigenvalue weighted by Gasteiger charge is -2.34. The molecule has 2 aromatic rings. The maximum absolute atomic E-state index is 12.7. The van der Waals surface area contributed by atoms with E-state index in [2.05, 4.69) is 91.3 Å². The van der Waals surface area contributed by atoms with Gasteiger partial charge in [0.25, 0.3) is 0 Å². The quantitative estimate of drug-likeness (QED) is 0.274. The number of piperazine rings is 1. The smallest absolute Gasteiger partial charge is 0.312 e. The highest BCUT2D eigenvalue weighted by Crippen LogP contribution is 2.18. The second-order valence-corrected chi connectivity index (χ2v) is 8.87. The summed E-state index contributed by atoms with van der Waals surface area (Å²) in [6, 6.07) is 16.9. The topological polar surface area (TPSA) is 59.1 Å². The molecular weight excluding hydrogens is 545 g/mol. The van der Waals surface area contributed by atoms with Gasteiger partial charge in [0.2, 0.25) is 0 Å². The summed E-state index contributed by atoms with van der Waals surface area (Å²) in [6.07, 6.45) is 0. The van der Waals surface area contributed by atoms with Crippen LogP contribution in [0, 0.1) is 0 Å². The molecule has 0 unspecified atom stereocenters. The number of halogens is 3. The van der Waals surface area contributed by atoms with Crippen molar-refractivity contribution in [3.63, 3.8) is 0 Å². The van der Waals surface area contributed by atoms with E-state index in [0.29, 0.717) is 32.7 Å². The molecule has 0 aromatic heterocycles. The van der Waals surface area contributed by atoms with Gasteiger partial charge in [0.05, 0.1) is 0 Å². The molecule has 1 N–H and O–H groups in total. The fraction of sp³-hybridized carbons (Fsp3) is 0.500. The fourth-order valence-electron chi connectivity index (χ4n) is 4.56. The molecule has 3 rings (SSSR count). The number of amides is 2. The van der Waals surface area contributed by atoms with E-state index in [1.807, 2.05) is 0 Å². The van der Waals surface area contributed by atoms with Gasteiger partial charge in [0, 0.05) is 76.8 Å². The van der Waals surface area contributed by atoms with Crippen LogP contribution in [0.2, 0.25) is 0 Å². The summed E-state index contributed by atoms with van der Waals surface area (Å²) in [7, 11) is 0. The highest BCUT2D eigenvalue weighted by molar-refractivity contribution is 6.35. The van der Waals surface area contributed by atoms with E-state index < -0.39 is 11.8 Å². The third-order valence-corrected chi connectivity index (χ3v) is 6.79. The first-order valence-electron chi connectivity index (χ1n) is 13.0. The molecule has 0 saturated carbocycles. The van der Waals surface area contributed by atoms with Crippen molar-refractivity contribution in [2.24, 2.45) is 0 Å². The molecule has 2 aromatic carbocycles. The molecule has 0 spiro atoms. The third kappa shape index (κ3) is 9.53. The van der Waals surface area contributed by atoms with Crippen molar-refractivity contribution in [2.75, 3.05) is 62.2 Å². The van der Waals surface area contributed by atoms with Gasteiger partial charge in [-0.3, -0.25) is 9.59 Å². The van der Waals surface area contributed by atoms with Gasteiger partial charge in [-0.15, -0.1) is 37.2 Å². The molecule has 214 valence electrons. The first kappa shape index (κ1) is 35.8. The van der Waals surface area contributed by atoms with E-state index in [-0.39, 0.29) is 37.2 Å². The van der Waals surface area contributed by atoms with Crippen LogP contribution < -0.4 is 15.1 Å². The zero-order valence-electron chi connectivity index (χ0n) is 23.0. The molecule has 38 heavy (non-hydrogen) atoms. The lowest BCUT2D eigenvalue weighted by molar-refractivity contribution is -0.156. The van der Waals surface area contributed by atoms with Crippen molar-refractivity contribution < 1.29 is 9.59 Å². The number of hydrogen-bond donors (Lipinski definition) is 1. The van der Waals surface area contributed by atoms with Crippen molar-refractivity contribution in [3.8, 4) is 0 Å². The molecular formula is C28H44Cl3N5O2. The normalized spacial score (nSPS) is 12.8. The van der Waals surface area contributed by atoms with Crippen LogP contribution in [0.25, 0.3) is 0 Å². The van der Waals surface area contributed by atoms with E-state index in [1.54, 1.807) is 9.80 Å². The lowest BCUT2D eigenvalue weighted by atomic mass is 10.1. The van der Waals surface area contributed by atoms with Crippen LogP contribution >= 0.6 is 37.2 Å². The zero-order valence-corrected chi connectivity index (χ0v) is 25.5. The minimum atomic E-state index is -0.406. The van der Waals surface area contributed by atoms with Crippen LogP contribution in [0.4, 0.5) is 11.4 Å². The summed E-state index contributed by atoms with van der Waals surface area (Å²) in [5.41, 5.74) is 4.67. The Hall–Kier alpha value is -2.19. The molecule has 0 bridgehead atoms. The number of carbonyl (C=O) groups is 2. The second-order valence-electron chi connectivity index (χ2n) is 8.87. The Bertz CT molecular complexity index is 950. The largest absolute Gasteiger partial charge is 0.372 e. The number of benzene rings is 2. The minimum Gasteiger partial charge on any atom is -0.372 e. The summed E-state index contributed by atoms with van der Waals surface area (Å²) >= 11 is 0. The molecule has 7 nitrogen and oxygen atoms in total. The van der Waals surface area contributed by atoms with Gasteiger partial charge in [-0.25, -0.2) is 0 Å². The van der Waals surface area contributed by atoms with Crippen LogP contribution in [0.15, 0.2) is 48.5 Å². The van der Waals surface area contributed by atoms with Crippen molar-refractivity contribution in [1.82, 2.24) is 15.1 Å². The molecule has 10 heteroatoms. The summed E-state index contributed by atoms with van der Waals surface area (Å²) < 4.78 is 0. The predicted octanol–water partition coefficient (Wildman–Crippen LogP) is 4.61. The van der Waals surface area contributed by atoms with Crippen molar-refractivity contribution in [2.45, 2.75) is 40.8 Å². The molecule has 0 atom stereocenters. The van der Waals surface area contributed by atoms with Crippen LogP contribution in [-0.2, 0) is 22.7 Å². The van der Waals surface area contributed by atoms with Crippen LogP contribution in [0.5, 0.6) is 0 Å². The number of hydrogen-bond acceptors (Lipinski definition) is 5. The molecule has 1 aliphatic heterocycles. The van der Waals surface area contributed by atoms with Crippen molar-refractivity contribution in [3.05, 3.63) is 59.7 Å². The number of nitrogens with zero attached hydrogens (tertiary/aromatic N) is 4. The Morgan fingerprint density at radius 2 is 1.08 bits per heavy atom. The molecule has 0 aliphatic carbocycles. The summed E-state index contributed by atoms with van der Waals surface area (Å²) in [5.74, 6) is -0.808. The van der Waals surface area contributed by atoms with Gasteiger partial charge in [0.15, 0.2) is 0 Å². The Morgan fingerprint density at radius 1 is 0.658 bits per heavy atom. The first-order chi connectivity index (χ1) is 17.0. The number of carbonyl (C=O) groups excluding carboxylic acids is 2. The van der Waals surface area contributed by atoms with E-state index >= 15 is 0 Å². The van der Waals surface area contributed by atoms with E-state index in [0.717, 1.165) is 38.3 Å². The first-order valence-corrected chi connectivity index (χ1v) is 13.0. The van der Waals surface area contributed by atoms with Crippen LogP contribution in [-0.4, -0.2) is 74.0 Å². The molecule has 0 radical (unpaired) electrons. The van der Waals surface area contributed by atoms with Crippen molar-refractivity contribution >= 4 is 60.4 Å². The predicted molar refractivity (Wildman–Crippen MR) is 165 cm³/mol. The SMILES string of the molecule is CCN(CC)c1ccc(CNCCN2CCN(Cc3ccc(N(CC)CC)cc3)C(=O)C2=O)cc1.Cl.Cl.Cl. The maximum atomic E-state index is 12.7. The van der Waals surface area contributed by atoms with E-state index in [1.165, 1.54) is 16.9 Å². The van der Waals surface area contributed by atoms with Gasteiger partial charge in [-0.05, 0) is 63.1 Å². The number of nitrogens with one attached hydrogen (secondary N) is 1. The maximum Gasteiger partial charge on any atom is 0.312 e. The highest BCUT2D eigenvalue weighted by atomic mass is 35.5. The Balaban J connectivity index is 0.00000456. The Kier molecular flexibility index (Phi) is 17.1. The molecule has 1 heterocycles. The average molecular weight is 589 g/mol. The summed E-state index contributed by atoms with van der Waals surface area (Å²) in [6.45, 7) is 16.1. The van der Waals surface area contributed by atoms with Gasteiger partial charge >= 0.3 is 11.8 Å². The highest BCUT2D eigenvalue weighted by Gasteiger charge is 2.32. The van der Waals surface area contributed by atoms with Crippen molar-refractivity contribution in [1.29, 1.82) is 0 Å². The molecule has 1 saturated heterocycles. The summed E-state index contributed by atoms with van der Waals surface area (Å²) in [5, 5.41) is 3.40. The average Bonchev–Trinajstić information content (AvgIpc) is 2.89. The summed E-state index contributed by atoms with van der Waals surface area (Å²) in [4.78, 5) is 33.3. The zero-order chi connectivity index (χ0) is 25.2. The van der Waals surface area contributed by atoms with Gasteiger partial charge in [-0.2, -0.15) is 0 Å². The van der Waals surface area contributed by atoms with Gasteiger partial charge in [-0.1, -0.05) is 24.3 Å². The van der Waals surface area contributed by atoms with Gasteiger partial charge in [0.1, 0.15) is 0 Å². The third-order valence-electron chi connectivity index (χ3n) is 6.79. The lowest BCUT2D eigenvalue weighted by Crippen LogP contribution is -2.55. The Labute approximate surface area is 247 Å². The van der Waals surface area contributed by atoms with Crippen LogP contribution in [0.1, 0.15) is 38.8 Å². The fourth-order valence-corrected chi connectivity index (χ4v) is 4.56. The molecule has 2 amide bonds.